The standard InChI is InChI=1S/C42H32S/c1-3-19-38(20-4-1)43(39-21-5-2-6-22-39,40-26-23-32-13-7-10-16-35(32)29-40,41-27-24-33-14-8-11-17-36(33)30-41)42-28-25-34-15-9-12-18-37(34)31-42/h1-31,43H. The van der Waals surface area contributed by atoms with Gasteiger partial charge in [0.1, 0.15) is 0 Å². The lowest BCUT2D eigenvalue weighted by molar-refractivity contribution is 1.16. The fourth-order valence-electron chi connectivity index (χ4n) is 7.31. The summed E-state index contributed by atoms with van der Waals surface area (Å²) in [5.41, 5.74) is 0. The van der Waals surface area contributed by atoms with E-state index in [1.165, 1.54) is 56.8 Å². The molecule has 43 heavy (non-hydrogen) atoms. The minimum atomic E-state index is -3.63. The molecule has 0 aliphatic heterocycles. The molecule has 1 heteroatoms. The first-order valence-electron chi connectivity index (χ1n) is 14.9. The lowest BCUT2D eigenvalue weighted by Gasteiger charge is -2.64. The Morgan fingerprint density at radius 3 is 0.814 bits per heavy atom. The van der Waals surface area contributed by atoms with Crippen molar-refractivity contribution < 1.29 is 0 Å². The molecule has 8 rings (SSSR count). The van der Waals surface area contributed by atoms with Gasteiger partial charge in [-0.2, -0.15) is 9.16 Å². The van der Waals surface area contributed by atoms with Crippen LogP contribution in [0.5, 0.6) is 0 Å². The van der Waals surface area contributed by atoms with Crippen molar-refractivity contribution in [3.8, 4) is 0 Å². The number of benzene rings is 8. The van der Waals surface area contributed by atoms with Crippen LogP contribution in [0.3, 0.4) is 0 Å². The molecule has 0 unspecified atom stereocenters. The molecule has 0 aliphatic rings. The Labute approximate surface area is 253 Å². The van der Waals surface area contributed by atoms with Crippen LogP contribution in [0.2, 0.25) is 0 Å². The molecule has 0 aromatic heterocycles. The summed E-state index contributed by atoms with van der Waals surface area (Å²) in [6.07, 6.45) is 0. The largest absolute Gasteiger partial charge is 0.178 e. The molecule has 0 heterocycles. The zero-order valence-electron chi connectivity index (χ0n) is 23.8. The normalized spacial score (nSPS) is 12.7. The number of hydrogen-bond acceptors (Lipinski definition) is 0. The zero-order chi connectivity index (χ0) is 28.7. The number of rotatable bonds is 5. The minimum Gasteiger partial charge on any atom is -0.178 e. The summed E-state index contributed by atoms with van der Waals surface area (Å²) in [6, 6.07) is 70.4. The van der Waals surface area contributed by atoms with E-state index in [4.69, 9.17) is 0 Å². The Balaban J connectivity index is 1.68. The van der Waals surface area contributed by atoms with Crippen molar-refractivity contribution in [1.82, 2.24) is 0 Å². The highest BCUT2D eigenvalue weighted by molar-refractivity contribution is 8.49. The van der Waals surface area contributed by atoms with Gasteiger partial charge < -0.3 is 0 Å². The fraction of sp³-hybridized carbons (Fsp3) is 0. The molecule has 0 saturated carbocycles. The average Bonchev–Trinajstić information content (AvgIpc) is 3.10. The lowest BCUT2D eigenvalue weighted by Crippen LogP contribution is -2.22. The Morgan fingerprint density at radius 1 is 0.209 bits per heavy atom. The van der Waals surface area contributed by atoms with Gasteiger partial charge in [-0.1, -0.05) is 152 Å². The van der Waals surface area contributed by atoms with Crippen LogP contribution in [0.4, 0.5) is 0 Å². The summed E-state index contributed by atoms with van der Waals surface area (Å²) in [7, 11) is -3.63. The van der Waals surface area contributed by atoms with Crippen molar-refractivity contribution in [3.05, 3.63) is 188 Å². The monoisotopic (exact) mass is 568 g/mol. The highest BCUT2D eigenvalue weighted by Gasteiger charge is 2.50. The van der Waals surface area contributed by atoms with Gasteiger partial charge in [0.2, 0.25) is 0 Å². The van der Waals surface area contributed by atoms with E-state index in [0.717, 1.165) is 0 Å². The molecule has 0 spiro atoms. The van der Waals surface area contributed by atoms with Crippen molar-refractivity contribution in [2.75, 3.05) is 0 Å². The fourth-order valence-corrected chi connectivity index (χ4v) is 14.1. The van der Waals surface area contributed by atoms with Crippen LogP contribution in [0.1, 0.15) is 0 Å². The van der Waals surface area contributed by atoms with E-state index in [1.807, 2.05) is 0 Å². The van der Waals surface area contributed by atoms with Gasteiger partial charge in [-0.3, -0.25) is 0 Å². The molecule has 0 radical (unpaired) electrons. The maximum absolute atomic E-state index is 3.63. The quantitative estimate of drug-likeness (QED) is 0.196. The molecule has 0 saturated heterocycles. The summed E-state index contributed by atoms with van der Waals surface area (Å²) in [5.74, 6) is 0. The van der Waals surface area contributed by atoms with Crippen LogP contribution in [0.25, 0.3) is 32.3 Å². The summed E-state index contributed by atoms with van der Waals surface area (Å²) >= 11 is 0. The SMILES string of the molecule is c1ccc([SH](c2ccccc2)(c2ccc3ccccc3c2)(c2ccc3ccccc3c2)c2ccc3ccccc3c2)cc1. The van der Waals surface area contributed by atoms with Gasteiger partial charge in [-0.15, -0.1) is 0 Å². The van der Waals surface area contributed by atoms with Crippen LogP contribution in [0.15, 0.2) is 213 Å². The average molecular weight is 569 g/mol. The summed E-state index contributed by atoms with van der Waals surface area (Å²) in [4.78, 5) is 6.69. The lowest BCUT2D eigenvalue weighted by atomic mass is 10.1. The molecule has 0 bridgehead atoms. The topological polar surface area (TPSA) is 0 Å². The third kappa shape index (κ3) is 3.65. The van der Waals surface area contributed by atoms with Crippen molar-refractivity contribution in [2.45, 2.75) is 24.5 Å². The highest BCUT2D eigenvalue weighted by atomic mass is 32.3. The third-order valence-corrected chi connectivity index (χ3v) is 15.9. The van der Waals surface area contributed by atoms with Crippen molar-refractivity contribution in [3.63, 3.8) is 0 Å². The Kier molecular flexibility index (Phi) is 5.96. The van der Waals surface area contributed by atoms with Gasteiger partial charge in [-0.25, -0.2) is 0 Å². The van der Waals surface area contributed by atoms with Gasteiger partial charge in [0, 0.05) is 0 Å². The minimum absolute atomic E-state index is 1.25. The van der Waals surface area contributed by atoms with Crippen LogP contribution < -0.4 is 0 Å². The summed E-state index contributed by atoms with van der Waals surface area (Å²) < 4.78 is 0. The predicted molar refractivity (Wildman–Crippen MR) is 185 cm³/mol. The smallest absolute Gasteiger partial charge is 0.00974 e. The highest BCUT2D eigenvalue weighted by Crippen LogP contribution is 2.94. The molecule has 0 N–H and O–H groups in total. The second-order valence-corrected chi connectivity index (χ2v) is 16.2. The third-order valence-electron chi connectivity index (χ3n) is 9.29. The first-order chi connectivity index (χ1) is 21.3. The Hall–Kier alpha value is -5.11. The molecule has 0 amide bonds. The first-order valence-corrected chi connectivity index (χ1v) is 17.1. The molecule has 0 aliphatic carbocycles. The van der Waals surface area contributed by atoms with Crippen molar-refractivity contribution in [2.24, 2.45) is 0 Å². The molecule has 0 atom stereocenters. The maximum atomic E-state index is 2.47. The number of hydrogen-bond donors (Lipinski definition) is 1. The number of fused-ring (bicyclic) bond motifs is 3. The van der Waals surface area contributed by atoms with Gasteiger partial charge in [0.05, 0.1) is 0 Å². The number of thiol groups is 1. The summed E-state index contributed by atoms with van der Waals surface area (Å²) in [5, 5.41) is 7.51. The predicted octanol–water partition coefficient (Wildman–Crippen LogP) is 11.8. The van der Waals surface area contributed by atoms with Crippen LogP contribution >= 0.6 is 9.16 Å². The molecule has 8 aromatic carbocycles. The molecule has 0 nitrogen and oxygen atoms in total. The molecule has 8 aromatic rings. The van der Waals surface area contributed by atoms with Gasteiger partial charge in [0.15, 0.2) is 0 Å². The van der Waals surface area contributed by atoms with Crippen LogP contribution in [-0.4, -0.2) is 0 Å². The van der Waals surface area contributed by atoms with E-state index in [0.29, 0.717) is 0 Å². The summed E-state index contributed by atoms with van der Waals surface area (Å²) in [6.45, 7) is 0. The Bertz CT molecular complexity index is 2010. The van der Waals surface area contributed by atoms with Gasteiger partial charge in [-0.05, 0) is 93.2 Å². The van der Waals surface area contributed by atoms with E-state index >= 15 is 0 Å². The molecular weight excluding hydrogens is 537 g/mol. The molecule has 0 fully saturated rings. The molecule has 206 valence electrons. The van der Waals surface area contributed by atoms with E-state index in [-0.39, 0.29) is 0 Å². The zero-order valence-corrected chi connectivity index (χ0v) is 24.7. The van der Waals surface area contributed by atoms with Crippen molar-refractivity contribution >= 4 is 41.5 Å². The molecular formula is C42H32S. The Morgan fingerprint density at radius 2 is 0.488 bits per heavy atom. The van der Waals surface area contributed by atoms with Crippen LogP contribution in [-0.2, 0) is 0 Å². The van der Waals surface area contributed by atoms with E-state index in [2.05, 4.69) is 188 Å². The van der Waals surface area contributed by atoms with Crippen molar-refractivity contribution in [1.29, 1.82) is 0 Å². The first kappa shape index (κ1) is 25.6. The van der Waals surface area contributed by atoms with Gasteiger partial charge in [0.25, 0.3) is 0 Å². The second-order valence-electron chi connectivity index (χ2n) is 11.4. The van der Waals surface area contributed by atoms with Gasteiger partial charge >= 0.3 is 0 Å². The van der Waals surface area contributed by atoms with E-state index in [9.17, 15) is 0 Å². The van der Waals surface area contributed by atoms with E-state index in [1.54, 1.807) is 0 Å². The van der Waals surface area contributed by atoms with E-state index < -0.39 is 9.16 Å². The second kappa shape index (κ2) is 10.0. The van der Waals surface area contributed by atoms with Crippen LogP contribution in [0, 0.1) is 0 Å². The maximum Gasteiger partial charge on any atom is -0.00974 e.